The summed E-state index contributed by atoms with van der Waals surface area (Å²) in [6.07, 6.45) is 0. The zero-order valence-electron chi connectivity index (χ0n) is 12.9. The van der Waals surface area contributed by atoms with Gasteiger partial charge in [0.1, 0.15) is 5.75 Å². The van der Waals surface area contributed by atoms with Crippen molar-refractivity contribution in [2.24, 2.45) is 0 Å². The molecule has 124 valence electrons. The molecule has 0 radical (unpaired) electrons. The molecule has 2 aromatic carbocycles. The summed E-state index contributed by atoms with van der Waals surface area (Å²) in [7, 11) is -2.85. The van der Waals surface area contributed by atoms with Gasteiger partial charge in [-0.3, -0.25) is 4.79 Å². The maximum absolute atomic E-state index is 12.7. The third-order valence-corrected chi connectivity index (χ3v) is 5.31. The van der Waals surface area contributed by atoms with Crippen molar-refractivity contribution >= 4 is 20.9 Å². The molecule has 0 saturated heterocycles. The van der Waals surface area contributed by atoms with Gasteiger partial charge in [0.05, 0.1) is 22.9 Å². The van der Waals surface area contributed by atoms with E-state index >= 15 is 0 Å². The molecule has 3 rings (SSSR count). The van der Waals surface area contributed by atoms with E-state index in [0.717, 1.165) is 5.56 Å². The van der Waals surface area contributed by atoms with E-state index in [-0.39, 0.29) is 19.8 Å². The van der Waals surface area contributed by atoms with Crippen LogP contribution in [0.15, 0.2) is 56.9 Å². The van der Waals surface area contributed by atoms with Crippen molar-refractivity contribution in [3.8, 4) is 5.75 Å². The average Bonchev–Trinajstić information content (AvgIpc) is 2.54. The van der Waals surface area contributed by atoms with Gasteiger partial charge in [-0.1, -0.05) is 17.7 Å². The van der Waals surface area contributed by atoms with Crippen molar-refractivity contribution in [3.63, 3.8) is 0 Å². The number of fused-ring (bicyclic) bond motifs is 1. The van der Waals surface area contributed by atoms with E-state index in [9.17, 15) is 18.0 Å². The van der Waals surface area contributed by atoms with Crippen LogP contribution in [0, 0.1) is 6.92 Å². The second-order valence-electron chi connectivity index (χ2n) is 5.23. The minimum atomic E-state index is -4.30. The molecule has 7 nitrogen and oxygen atoms in total. The molecule has 0 bridgehead atoms. The summed E-state index contributed by atoms with van der Waals surface area (Å²) in [5, 5.41) is 0.0751. The van der Waals surface area contributed by atoms with Gasteiger partial charge < -0.3 is 9.72 Å². The fraction of sp³-hybridized carbons (Fsp3) is 0.125. The second kappa shape index (κ2) is 5.64. The van der Waals surface area contributed by atoms with E-state index in [0.29, 0.717) is 5.75 Å². The Morgan fingerprint density at radius 3 is 2.33 bits per heavy atom. The Kier molecular flexibility index (Phi) is 3.76. The number of ether oxygens (including phenoxy) is 1. The normalized spacial score (nSPS) is 11.6. The summed E-state index contributed by atoms with van der Waals surface area (Å²) < 4.78 is 30.6. The van der Waals surface area contributed by atoms with Gasteiger partial charge in [0.15, 0.2) is 0 Å². The Labute approximate surface area is 137 Å². The first-order chi connectivity index (χ1) is 11.3. The number of H-pyrrole nitrogens is 1. The van der Waals surface area contributed by atoms with E-state index in [1.54, 1.807) is 19.1 Å². The Hall–Kier alpha value is -2.87. The lowest BCUT2D eigenvalue weighted by molar-refractivity contribution is 0.415. The average molecular weight is 346 g/mol. The van der Waals surface area contributed by atoms with Crippen LogP contribution in [0.2, 0.25) is 0 Å². The Bertz CT molecular complexity index is 1140. The molecule has 0 aliphatic heterocycles. The summed E-state index contributed by atoms with van der Waals surface area (Å²) in [6.45, 7) is 1.80. The van der Waals surface area contributed by atoms with Crippen LogP contribution in [0.4, 0.5) is 0 Å². The van der Waals surface area contributed by atoms with Crippen molar-refractivity contribution in [2.75, 3.05) is 7.11 Å². The van der Waals surface area contributed by atoms with Crippen LogP contribution >= 0.6 is 0 Å². The molecule has 0 aliphatic rings. The number of hydrogen-bond donors (Lipinski definition) is 1. The minimum absolute atomic E-state index is 0.0751. The summed E-state index contributed by atoms with van der Waals surface area (Å²) >= 11 is 0. The third kappa shape index (κ3) is 2.50. The van der Waals surface area contributed by atoms with E-state index in [2.05, 4.69) is 4.98 Å². The van der Waals surface area contributed by atoms with Crippen LogP contribution in [0.1, 0.15) is 5.56 Å². The molecule has 0 fully saturated rings. The van der Waals surface area contributed by atoms with E-state index < -0.39 is 21.3 Å². The van der Waals surface area contributed by atoms with Crippen molar-refractivity contribution in [1.82, 2.24) is 8.96 Å². The Morgan fingerprint density at radius 2 is 1.71 bits per heavy atom. The summed E-state index contributed by atoms with van der Waals surface area (Å²) in [5.74, 6) is 0.441. The van der Waals surface area contributed by atoms with Crippen molar-refractivity contribution < 1.29 is 13.2 Å². The molecule has 1 N–H and O–H groups in total. The first-order valence-corrected chi connectivity index (χ1v) is 8.44. The standard InChI is InChI=1S/C16H14N2O5S/c1-10-3-6-12(7-4-10)24(21,22)18-15(19)13-8-5-11(23-2)9-14(13)17-16(18)20/h3-9H,1-2H3,(H,17,20). The predicted octanol–water partition coefficient (Wildman–Crippen LogP) is 1.24. The molecule has 8 heteroatoms. The first-order valence-electron chi connectivity index (χ1n) is 7.00. The fourth-order valence-electron chi connectivity index (χ4n) is 2.34. The lowest BCUT2D eigenvalue weighted by Crippen LogP contribution is -2.39. The monoisotopic (exact) mass is 346 g/mol. The molecular weight excluding hydrogens is 332 g/mol. The highest BCUT2D eigenvalue weighted by atomic mass is 32.2. The topological polar surface area (TPSA) is 98.2 Å². The number of methoxy groups -OCH3 is 1. The van der Waals surface area contributed by atoms with E-state index in [1.807, 2.05) is 0 Å². The zero-order chi connectivity index (χ0) is 17.5. The number of rotatable bonds is 3. The molecule has 1 aromatic heterocycles. The van der Waals surface area contributed by atoms with E-state index in [4.69, 9.17) is 4.74 Å². The first kappa shape index (κ1) is 16.0. The number of aromatic amines is 1. The molecular formula is C16H14N2O5S. The Morgan fingerprint density at radius 1 is 1.04 bits per heavy atom. The molecule has 0 saturated carbocycles. The van der Waals surface area contributed by atoms with Crippen LogP contribution in [0.25, 0.3) is 10.9 Å². The zero-order valence-corrected chi connectivity index (χ0v) is 13.8. The number of nitrogens with zero attached hydrogens (tertiary/aromatic N) is 1. The van der Waals surface area contributed by atoms with Crippen LogP contribution in [0.3, 0.4) is 0 Å². The molecule has 3 aromatic rings. The van der Waals surface area contributed by atoms with Gasteiger partial charge in [0, 0.05) is 6.07 Å². The van der Waals surface area contributed by atoms with Crippen molar-refractivity contribution in [2.45, 2.75) is 11.8 Å². The smallest absolute Gasteiger partial charge is 0.343 e. The second-order valence-corrected chi connectivity index (χ2v) is 7.02. The van der Waals surface area contributed by atoms with Crippen LogP contribution in [0.5, 0.6) is 5.75 Å². The molecule has 0 spiro atoms. The summed E-state index contributed by atoms with van der Waals surface area (Å²) in [5.41, 5.74) is -0.862. The number of aryl methyl sites for hydroxylation is 1. The van der Waals surface area contributed by atoms with Crippen LogP contribution in [-0.2, 0) is 10.0 Å². The predicted molar refractivity (Wildman–Crippen MR) is 89.1 cm³/mol. The molecule has 0 amide bonds. The highest BCUT2D eigenvalue weighted by Crippen LogP contribution is 2.17. The molecule has 0 atom stereocenters. The number of nitrogens with one attached hydrogen (secondary N) is 1. The molecule has 0 unspecified atom stereocenters. The van der Waals surface area contributed by atoms with Gasteiger partial charge >= 0.3 is 5.69 Å². The van der Waals surface area contributed by atoms with E-state index in [1.165, 1.54) is 37.4 Å². The third-order valence-electron chi connectivity index (χ3n) is 3.63. The van der Waals surface area contributed by atoms with Gasteiger partial charge in [-0.2, -0.15) is 0 Å². The lowest BCUT2D eigenvalue weighted by Gasteiger charge is -2.09. The van der Waals surface area contributed by atoms with Crippen molar-refractivity contribution in [3.05, 3.63) is 68.9 Å². The van der Waals surface area contributed by atoms with Crippen LogP contribution < -0.4 is 16.0 Å². The van der Waals surface area contributed by atoms with Gasteiger partial charge in [-0.15, -0.1) is 3.97 Å². The van der Waals surface area contributed by atoms with Gasteiger partial charge in [-0.05, 0) is 31.2 Å². The minimum Gasteiger partial charge on any atom is -0.497 e. The fourth-order valence-corrected chi connectivity index (χ4v) is 3.61. The lowest BCUT2D eigenvalue weighted by atomic mass is 10.2. The number of aromatic nitrogens is 2. The van der Waals surface area contributed by atoms with Gasteiger partial charge in [0.2, 0.25) is 0 Å². The molecule has 24 heavy (non-hydrogen) atoms. The SMILES string of the molecule is COc1ccc2c(=O)n(S(=O)(=O)c3ccc(C)cc3)c(=O)[nH]c2c1. The highest BCUT2D eigenvalue weighted by molar-refractivity contribution is 7.90. The van der Waals surface area contributed by atoms with Crippen LogP contribution in [-0.4, -0.2) is 24.5 Å². The summed E-state index contributed by atoms with van der Waals surface area (Å²) in [6, 6.07) is 10.3. The Balaban J connectivity index is 2.32. The number of benzene rings is 2. The quantitative estimate of drug-likeness (QED) is 0.769. The summed E-state index contributed by atoms with van der Waals surface area (Å²) in [4.78, 5) is 27.1. The maximum Gasteiger partial charge on any atom is 0.343 e. The van der Waals surface area contributed by atoms with Gasteiger partial charge in [-0.25, -0.2) is 13.2 Å². The highest BCUT2D eigenvalue weighted by Gasteiger charge is 2.23. The van der Waals surface area contributed by atoms with Gasteiger partial charge in [0.25, 0.3) is 15.6 Å². The number of hydrogen-bond acceptors (Lipinski definition) is 5. The molecule has 0 aliphatic carbocycles. The largest absolute Gasteiger partial charge is 0.497 e. The molecule has 1 heterocycles. The van der Waals surface area contributed by atoms with Crippen molar-refractivity contribution in [1.29, 1.82) is 0 Å². The maximum atomic E-state index is 12.7.